The van der Waals surface area contributed by atoms with Gasteiger partial charge in [0.05, 0.1) is 11.5 Å². The molecule has 0 bridgehead atoms. The number of ether oxygens (including phenoxy) is 5. The van der Waals surface area contributed by atoms with Gasteiger partial charge in [-0.1, -0.05) is 12.1 Å². The van der Waals surface area contributed by atoms with Crippen LogP contribution in [0.25, 0.3) is 0 Å². The first-order chi connectivity index (χ1) is 14.1. The fraction of sp³-hybridized carbons (Fsp3) is 0.500. The number of aliphatic hydroxyl groups is 1. The van der Waals surface area contributed by atoms with Crippen LogP contribution in [0.4, 0.5) is 5.69 Å². The highest BCUT2D eigenvalue weighted by molar-refractivity contribution is 5.68. The summed E-state index contributed by atoms with van der Waals surface area (Å²) < 4.78 is 26.7. The summed E-state index contributed by atoms with van der Waals surface area (Å²) in [5.41, 5.74) is -0.394. The van der Waals surface area contributed by atoms with Crippen LogP contribution in [-0.4, -0.2) is 65.3 Å². The fourth-order valence-corrected chi connectivity index (χ4v) is 2.93. The van der Waals surface area contributed by atoms with Crippen molar-refractivity contribution >= 4 is 23.6 Å². The predicted molar refractivity (Wildman–Crippen MR) is 96.1 cm³/mol. The molecule has 1 saturated heterocycles. The highest BCUT2D eigenvalue weighted by Crippen LogP contribution is 2.33. The number of para-hydroxylation sites is 2. The number of nitro groups is 1. The predicted octanol–water partition coefficient (Wildman–Crippen LogP) is 0.486. The Bertz CT molecular complexity index is 811. The van der Waals surface area contributed by atoms with E-state index in [-0.39, 0.29) is 5.75 Å². The summed E-state index contributed by atoms with van der Waals surface area (Å²) in [5.74, 6) is -2.58. The molecular formula is C18H21NO11. The first-order valence-corrected chi connectivity index (χ1v) is 8.82. The number of carbonyl (C=O) groups excluding carboxylic acids is 3. The third kappa shape index (κ3) is 5.64. The second kappa shape index (κ2) is 9.98. The van der Waals surface area contributed by atoms with Crippen LogP contribution in [0.5, 0.6) is 5.75 Å². The Morgan fingerprint density at radius 3 is 2.07 bits per heavy atom. The molecule has 1 aromatic carbocycles. The van der Waals surface area contributed by atoms with E-state index in [2.05, 4.69) is 0 Å². The third-order valence-electron chi connectivity index (χ3n) is 3.98. The number of esters is 3. The molecule has 0 amide bonds. The summed E-state index contributed by atoms with van der Waals surface area (Å²) in [6.45, 7) is 2.57. The van der Waals surface area contributed by atoms with Crippen molar-refractivity contribution in [2.75, 3.05) is 6.61 Å². The molecule has 5 atom stereocenters. The van der Waals surface area contributed by atoms with Crippen molar-refractivity contribution < 1.29 is 48.1 Å². The first kappa shape index (κ1) is 23.0. The second-order valence-electron chi connectivity index (χ2n) is 6.29. The summed E-state index contributed by atoms with van der Waals surface area (Å²) in [4.78, 5) is 45.4. The Kier molecular flexibility index (Phi) is 7.66. The number of carbonyl (C=O) groups is 3. The van der Waals surface area contributed by atoms with Crippen molar-refractivity contribution in [2.24, 2.45) is 0 Å². The van der Waals surface area contributed by atoms with Crippen molar-refractivity contribution in [3.63, 3.8) is 0 Å². The van der Waals surface area contributed by atoms with Crippen LogP contribution in [0, 0.1) is 10.1 Å². The van der Waals surface area contributed by atoms with E-state index in [4.69, 9.17) is 23.7 Å². The van der Waals surface area contributed by atoms with Crippen LogP contribution in [0.15, 0.2) is 24.3 Å². The molecule has 1 aliphatic rings. The van der Waals surface area contributed by atoms with E-state index in [0.717, 1.165) is 20.8 Å². The number of aliphatic hydroxyl groups excluding tert-OH is 1. The number of rotatable bonds is 7. The molecule has 5 unspecified atom stereocenters. The minimum atomic E-state index is -1.52. The minimum absolute atomic E-state index is 0.214. The lowest BCUT2D eigenvalue weighted by Crippen LogP contribution is -2.63. The summed E-state index contributed by atoms with van der Waals surface area (Å²) >= 11 is 0. The molecule has 0 aliphatic carbocycles. The Morgan fingerprint density at radius 1 is 1.00 bits per heavy atom. The Balaban J connectivity index is 2.47. The van der Waals surface area contributed by atoms with Gasteiger partial charge in [0, 0.05) is 26.8 Å². The van der Waals surface area contributed by atoms with Gasteiger partial charge in [0.2, 0.25) is 12.4 Å². The van der Waals surface area contributed by atoms with Crippen LogP contribution in [0.1, 0.15) is 20.8 Å². The Morgan fingerprint density at radius 2 is 1.53 bits per heavy atom. The maximum Gasteiger partial charge on any atom is 0.311 e. The molecule has 0 saturated carbocycles. The largest absolute Gasteiger partial charge is 0.456 e. The molecule has 164 valence electrons. The highest BCUT2D eigenvalue weighted by Gasteiger charge is 2.53. The quantitative estimate of drug-likeness (QED) is 0.279. The summed E-state index contributed by atoms with van der Waals surface area (Å²) in [7, 11) is 0. The van der Waals surface area contributed by atoms with Gasteiger partial charge in [-0.3, -0.25) is 24.5 Å². The molecule has 0 spiro atoms. The van der Waals surface area contributed by atoms with E-state index >= 15 is 0 Å². The number of benzene rings is 1. The van der Waals surface area contributed by atoms with Gasteiger partial charge in [-0.15, -0.1) is 0 Å². The van der Waals surface area contributed by atoms with E-state index < -0.39 is 65.8 Å². The molecule has 0 aromatic heterocycles. The van der Waals surface area contributed by atoms with Gasteiger partial charge in [-0.2, -0.15) is 0 Å². The maximum atomic E-state index is 11.7. The number of nitrogens with zero attached hydrogens (tertiary/aromatic N) is 1. The maximum absolute atomic E-state index is 11.7. The lowest BCUT2D eigenvalue weighted by Gasteiger charge is -2.43. The van der Waals surface area contributed by atoms with Crippen LogP contribution >= 0.6 is 0 Å². The SMILES string of the molecule is CC(=O)OC1C(CO)OC(Oc2ccccc2[N+](=O)[O-])C(OC(C)=O)C1OC(C)=O. The molecule has 1 aliphatic heterocycles. The second-order valence-corrected chi connectivity index (χ2v) is 6.29. The first-order valence-electron chi connectivity index (χ1n) is 8.82. The summed E-state index contributed by atoms with van der Waals surface area (Å²) in [6.07, 6.45) is -6.96. The van der Waals surface area contributed by atoms with E-state index in [0.29, 0.717) is 0 Å². The van der Waals surface area contributed by atoms with Crippen molar-refractivity contribution in [3.05, 3.63) is 34.4 Å². The van der Waals surface area contributed by atoms with Crippen molar-refractivity contribution in [1.29, 1.82) is 0 Å². The van der Waals surface area contributed by atoms with Gasteiger partial charge < -0.3 is 28.8 Å². The minimum Gasteiger partial charge on any atom is -0.456 e. The van der Waals surface area contributed by atoms with Crippen molar-refractivity contribution in [3.8, 4) is 5.75 Å². The van der Waals surface area contributed by atoms with E-state index in [1.165, 1.54) is 24.3 Å². The Labute approximate surface area is 170 Å². The van der Waals surface area contributed by atoms with E-state index in [9.17, 15) is 29.6 Å². The van der Waals surface area contributed by atoms with Crippen molar-refractivity contribution in [2.45, 2.75) is 51.5 Å². The molecule has 30 heavy (non-hydrogen) atoms. The van der Waals surface area contributed by atoms with Crippen LogP contribution in [0.3, 0.4) is 0 Å². The average Bonchev–Trinajstić information content (AvgIpc) is 2.65. The molecule has 1 aromatic rings. The zero-order valence-electron chi connectivity index (χ0n) is 16.4. The Hall–Kier alpha value is -3.25. The average molecular weight is 427 g/mol. The molecule has 1 N–H and O–H groups in total. The van der Waals surface area contributed by atoms with Crippen molar-refractivity contribution in [1.82, 2.24) is 0 Å². The number of hydrogen-bond donors (Lipinski definition) is 1. The third-order valence-corrected chi connectivity index (χ3v) is 3.98. The standard InChI is InChI=1S/C18H21NO11/c1-9(21)26-15-14(8-20)30-18(17(28-11(3)23)16(15)27-10(2)22)29-13-7-5-4-6-12(13)19(24)25/h4-7,14-18,20H,8H2,1-3H3. The van der Waals surface area contributed by atoms with E-state index in [1.54, 1.807) is 0 Å². The lowest BCUT2D eigenvalue weighted by atomic mass is 9.98. The van der Waals surface area contributed by atoms with Gasteiger partial charge in [-0.05, 0) is 6.07 Å². The highest BCUT2D eigenvalue weighted by atomic mass is 16.7. The van der Waals surface area contributed by atoms with Crippen LogP contribution < -0.4 is 4.74 Å². The molecular weight excluding hydrogens is 406 g/mol. The van der Waals surface area contributed by atoms with Gasteiger partial charge in [-0.25, -0.2) is 0 Å². The monoisotopic (exact) mass is 427 g/mol. The van der Waals surface area contributed by atoms with Crippen LogP contribution in [-0.2, 0) is 33.3 Å². The molecule has 2 rings (SSSR count). The fourth-order valence-electron chi connectivity index (χ4n) is 2.93. The van der Waals surface area contributed by atoms with Gasteiger partial charge in [0.1, 0.15) is 6.10 Å². The molecule has 1 heterocycles. The van der Waals surface area contributed by atoms with Gasteiger partial charge >= 0.3 is 23.6 Å². The molecule has 12 nitrogen and oxygen atoms in total. The van der Waals surface area contributed by atoms with Gasteiger partial charge in [0.25, 0.3) is 0 Å². The zero-order valence-corrected chi connectivity index (χ0v) is 16.4. The van der Waals surface area contributed by atoms with Gasteiger partial charge in [0.15, 0.2) is 18.0 Å². The zero-order chi connectivity index (χ0) is 22.4. The number of nitro benzene ring substituents is 1. The summed E-state index contributed by atoms with van der Waals surface area (Å²) in [6, 6.07) is 5.37. The topological polar surface area (TPSA) is 161 Å². The smallest absolute Gasteiger partial charge is 0.311 e. The van der Waals surface area contributed by atoms with Crippen LogP contribution in [0.2, 0.25) is 0 Å². The lowest BCUT2D eigenvalue weighted by molar-refractivity contribution is -0.387. The number of hydrogen-bond acceptors (Lipinski definition) is 11. The molecule has 0 radical (unpaired) electrons. The summed E-state index contributed by atoms with van der Waals surface area (Å²) in [5, 5.41) is 21.0. The normalized spacial score (nSPS) is 25.7. The molecule has 1 fully saturated rings. The van der Waals surface area contributed by atoms with E-state index in [1.807, 2.05) is 0 Å². The molecule has 12 heteroatoms.